The van der Waals surface area contributed by atoms with Crippen molar-refractivity contribution in [3.05, 3.63) is 59.9 Å². The molecule has 140 valence electrons. The van der Waals surface area contributed by atoms with Gasteiger partial charge in [0, 0.05) is 17.5 Å². The monoisotopic (exact) mass is 401 g/mol. The predicted octanol–water partition coefficient (Wildman–Crippen LogP) is 4.30. The van der Waals surface area contributed by atoms with Gasteiger partial charge in [0.15, 0.2) is 0 Å². The number of amides is 1. The van der Waals surface area contributed by atoms with Crippen molar-refractivity contribution in [1.82, 2.24) is 14.9 Å². The van der Waals surface area contributed by atoms with Gasteiger partial charge in [-0.15, -0.1) is 0 Å². The van der Waals surface area contributed by atoms with Crippen molar-refractivity contribution in [2.24, 2.45) is 0 Å². The van der Waals surface area contributed by atoms with E-state index in [4.69, 9.17) is 16.3 Å². The Hall–Kier alpha value is -2.31. The second-order valence-electron chi connectivity index (χ2n) is 6.02. The van der Waals surface area contributed by atoms with E-state index in [-0.39, 0.29) is 11.2 Å². The van der Waals surface area contributed by atoms with Crippen LogP contribution in [-0.2, 0) is 4.79 Å². The highest BCUT2D eigenvalue weighted by molar-refractivity contribution is 8.00. The second-order valence-corrected chi connectivity index (χ2v) is 7.78. The number of likely N-dealkylation sites (N-methyl/N-ethyl adjacent to an activating group) is 1. The third kappa shape index (κ3) is 5.11. The van der Waals surface area contributed by atoms with Crippen LogP contribution in [0.2, 0.25) is 5.02 Å². The van der Waals surface area contributed by atoms with Crippen molar-refractivity contribution in [3.63, 3.8) is 0 Å². The van der Waals surface area contributed by atoms with Crippen LogP contribution in [-0.4, -0.2) is 46.2 Å². The molecule has 0 saturated carbocycles. The molecule has 1 heterocycles. The summed E-state index contributed by atoms with van der Waals surface area (Å²) in [7, 11) is 1.78. The molecule has 5 nitrogen and oxygen atoms in total. The first kappa shape index (κ1) is 19.5. The zero-order valence-corrected chi connectivity index (χ0v) is 16.7. The number of carbonyl (C=O) groups excluding carboxylic acids is 1. The third-order valence-electron chi connectivity index (χ3n) is 4.03. The molecular formula is C20H20ClN3O2S. The molecule has 1 aromatic heterocycles. The fourth-order valence-electron chi connectivity index (χ4n) is 2.54. The summed E-state index contributed by atoms with van der Waals surface area (Å²) in [5.41, 5.74) is 0.874. The van der Waals surface area contributed by atoms with E-state index in [0.717, 1.165) is 21.7 Å². The lowest BCUT2D eigenvalue weighted by molar-refractivity contribution is -0.129. The number of benzene rings is 2. The van der Waals surface area contributed by atoms with Crippen LogP contribution < -0.4 is 4.74 Å². The number of hydrogen-bond donors (Lipinski definition) is 0. The number of hydrogen-bond acceptors (Lipinski definition) is 5. The largest absolute Gasteiger partial charge is 0.492 e. The van der Waals surface area contributed by atoms with Gasteiger partial charge in [-0.1, -0.05) is 41.6 Å². The first-order chi connectivity index (χ1) is 13.0. The van der Waals surface area contributed by atoms with Crippen LogP contribution >= 0.6 is 23.4 Å². The van der Waals surface area contributed by atoms with E-state index in [1.165, 1.54) is 18.1 Å². The molecule has 0 aliphatic heterocycles. The molecule has 0 spiro atoms. The Balaban J connectivity index is 1.55. The third-order valence-corrected chi connectivity index (χ3v) is 5.38. The minimum absolute atomic E-state index is 0.0300. The first-order valence-corrected chi connectivity index (χ1v) is 9.80. The quantitative estimate of drug-likeness (QED) is 0.436. The minimum Gasteiger partial charge on any atom is -0.492 e. The number of fused-ring (bicyclic) bond motifs is 1. The lowest BCUT2D eigenvalue weighted by Crippen LogP contribution is -2.36. The summed E-state index contributed by atoms with van der Waals surface area (Å²) in [6, 6.07) is 15.0. The summed E-state index contributed by atoms with van der Waals surface area (Å²) >= 11 is 7.30. The molecule has 0 unspecified atom stereocenters. The van der Waals surface area contributed by atoms with Crippen molar-refractivity contribution in [2.75, 3.05) is 20.2 Å². The molecule has 1 amide bonds. The summed E-state index contributed by atoms with van der Waals surface area (Å²) < 4.78 is 5.66. The van der Waals surface area contributed by atoms with Crippen LogP contribution in [0.15, 0.2) is 59.9 Å². The molecule has 1 atom stereocenters. The molecular weight excluding hydrogens is 382 g/mol. The molecule has 0 saturated heterocycles. The van der Waals surface area contributed by atoms with Gasteiger partial charge >= 0.3 is 0 Å². The molecule has 7 heteroatoms. The van der Waals surface area contributed by atoms with Crippen LogP contribution in [0.5, 0.6) is 5.75 Å². The Labute approximate surface area is 167 Å². The van der Waals surface area contributed by atoms with E-state index in [2.05, 4.69) is 9.97 Å². The fraction of sp³-hybridized carbons (Fsp3) is 0.250. The number of para-hydroxylation sites is 1. The van der Waals surface area contributed by atoms with E-state index in [0.29, 0.717) is 18.2 Å². The lowest BCUT2D eigenvalue weighted by Gasteiger charge is -2.21. The van der Waals surface area contributed by atoms with Gasteiger partial charge in [0.1, 0.15) is 23.7 Å². The molecule has 3 aromatic rings. The zero-order chi connectivity index (χ0) is 19.2. The number of aromatic nitrogens is 2. The molecule has 0 bridgehead atoms. The van der Waals surface area contributed by atoms with Gasteiger partial charge in [-0.25, -0.2) is 9.97 Å². The van der Waals surface area contributed by atoms with Gasteiger partial charge in [0.2, 0.25) is 5.91 Å². The number of ether oxygens (including phenoxy) is 1. The maximum absolute atomic E-state index is 12.7. The average Bonchev–Trinajstić information content (AvgIpc) is 2.69. The summed E-state index contributed by atoms with van der Waals surface area (Å²) in [5, 5.41) is 2.17. The Morgan fingerprint density at radius 3 is 2.70 bits per heavy atom. The first-order valence-electron chi connectivity index (χ1n) is 8.54. The zero-order valence-electron chi connectivity index (χ0n) is 15.1. The van der Waals surface area contributed by atoms with E-state index in [1.54, 1.807) is 24.1 Å². The molecule has 3 rings (SSSR count). The standard InChI is InChI=1S/C20H20ClN3O2S/c1-14(27-19-17-5-3-4-6-18(17)22-13-23-19)20(25)24(2)11-12-26-16-9-7-15(21)8-10-16/h3-10,13-14H,11-12H2,1-2H3/t14-/m0/s1. The Morgan fingerprint density at radius 2 is 1.93 bits per heavy atom. The maximum atomic E-state index is 12.7. The normalized spacial score (nSPS) is 12.0. The maximum Gasteiger partial charge on any atom is 0.235 e. The Morgan fingerprint density at radius 1 is 1.19 bits per heavy atom. The Bertz CT molecular complexity index is 915. The van der Waals surface area contributed by atoms with Gasteiger partial charge in [0.05, 0.1) is 17.3 Å². The van der Waals surface area contributed by atoms with E-state index in [9.17, 15) is 4.79 Å². The highest BCUT2D eigenvalue weighted by Crippen LogP contribution is 2.28. The molecule has 0 aliphatic rings. The molecule has 0 radical (unpaired) electrons. The number of carbonyl (C=O) groups is 1. The number of nitrogens with zero attached hydrogens (tertiary/aromatic N) is 3. The van der Waals surface area contributed by atoms with Crippen molar-refractivity contribution in [2.45, 2.75) is 17.2 Å². The molecule has 0 fully saturated rings. The minimum atomic E-state index is -0.260. The molecule has 0 N–H and O–H groups in total. The predicted molar refractivity (Wildman–Crippen MR) is 109 cm³/mol. The van der Waals surface area contributed by atoms with E-state index >= 15 is 0 Å². The fourth-order valence-corrected chi connectivity index (χ4v) is 3.69. The van der Waals surface area contributed by atoms with Gasteiger partial charge < -0.3 is 9.64 Å². The lowest BCUT2D eigenvalue weighted by atomic mass is 10.2. The molecule has 27 heavy (non-hydrogen) atoms. The summed E-state index contributed by atoms with van der Waals surface area (Å²) in [5.74, 6) is 0.762. The van der Waals surface area contributed by atoms with Crippen molar-refractivity contribution in [1.29, 1.82) is 0 Å². The summed E-state index contributed by atoms with van der Waals surface area (Å²) in [6.07, 6.45) is 1.53. The van der Waals surface area contributed by atoms with Crippen LogP contribution in [0.1, 0.15) is 6.92 Å². The van der Waals surface area contributed by atoms with Gasteiger partial charge in [-0.2, -0.15) is 0 Å². The summed E-state index contributed by atoms with van der Waals surface area (Å²) in [6.45, 7) is 2.80. The van der Waals surface area contributed by atoms with Crippen molar-refractivity contribution < 1.29 is 9.53 Å². The van der Waals surface area contributed by atoms with Crippen molar-refractivity contribution in [3.8, 4) is 5.75 Å². The highest BCUT2D eigenvalue weighted by atomic mass is 35.5. The Kier molecular flexibility index (Phi) is 6.53. The smallest absolute Gasteiger partial charge is 0.235 e. The number of thioether (sulfide) groups is 1. The van der Waals surface area contributed by atoms with E-state index in [1.807, 2.05) is 43.3 Å². The van der Waals surface area contributed by atoms with Crippen LogP contribution in [0, 0.1) is 0 Å². The molecule has 0 aliphatic carbocycles. The highest BCUT2D eigenvalue weighted by Gasteiger charge is 2.20. The number of halogens is 1. The summed E-state index contributed by atoms with van der Waals surface area (Å²) in [4.78, 5) is 22.9. The van der Waals surface area contributed by atoms with Gasteiger partial charge in [-0.3, -0.25) is 4.79 Å². The van der Waals surface area contributed by atoms with Crippen LogP contribution in [0.3, 0.4) is 0 Å². The average molecular weight is 402 g/mol. The van der Waals surface area contributed by atoms with Gasteiger partial charge in [0.25, 0.3) is 0 Å². The van der Waals surface area contributed by atoms with Crippen molar-refractivity contribution >= 4 is 40.2 Å². The number of rotatable bonds is 7. The van der Waals surface area contributed by atoms with E-state index < -0.39 is 0 Å². The van der Waals surface area contributed by atoms with Gasteiger partial charge in [-0.05, 0) is 37.3 Å². The van der Waals surface area contributed by atoms with Crippen LogP contribution in [0.4, 0.5) is 0 Å². The second kappa shape index (κ2) is 9.06. The SMILES string of the molecule is C[C@H](Sc1ncnc2ccccc12)C(=O)N(C)CCOc1ccc(Cl)cc1. The topological polar surface area (TPSA) is 55.3 Å². The molecule has 2 aromatic carbocycles. The van der Waals surface area contributed by atoms with Crippen LogP contribution in [0.25, 0.3) is 10.9 Å².